The van der Waals surface area contributed by atoms with Gasteiger partial charge in [0, 0.05) is 30.9 Å². The van der Waals surface area contributed by atoms with Crippen LogP contribution < -0.4 is 5.32 Å². The molecule has 21 heavy (non-hydrogen) atoms. The molecule has 1 aliphatic heterocycles. The summed E-state index contributed by atoms with van der Waals surface area (Å²) in [5.74, 6) is -0.0748. The zero-order chi connectivity index (χ0) is 14.2. The molecule has 2 aromatic heterocycles. The molecule has 6 heteroatoms. The summed E-state index contributed by atoms with van der Waals surface area (Å²) in [5, 5.41) is 7.88. The van der Waals surface area contributed by atoms with E-state index in [1.165, 1.54) is 17.0 Å². The average Bonchev–Trinajstić information content (AvgIpc) is 3.13. The Balaban J connectivity index is 1.51. The van der Waals surface area contributed by atoms with Gasteiger partial charge in [0.25, 0.3) is 5.91 Å². The summed E-state index contributed by atoms with van der Waals surface area (Å²) in [4.78, 5) is 16.7. The van der Waals surface area contributed by atoms with Crippen molar-refractivity contribution >= 4 is 27.5 Å². The van der Waals surface area contributed by atoms with Crippen LogP contribution in [0, 0.1) is 0 Å². The molecule has 1 aliphatic rings. The van der Waals surface area contributed by atoms with E-state index in [2.05, 4.69) is 15.4 Å². The fourth-order valence-corrected chi connectivity index (χ4v) is 3.58. The number of rotatable bonds is 2. The number of fused-ring (bicyclic) bond motifs is 2. The highest BCUT2D eigenvalue weighted by Gasteiger charge is 2.22. The molecule has 0 saturated heterocycles. The predicted molar refractivity (Wildman–Crippen MR) is 81.4 cm³/mol. The Labute approximate surface area is 125 Å². The van der Waals surface area contributed by atoms with E-state index in [0.29, 0.717) is 5.01 Å². The average molecular weight is 298 g/mol. The number of thiazole rings is 1. The number of para-hydroxylation sites is 1. The van der Waals surface area contributed by atoms with Crippen LogP contribution in [0.5, 0.6) is 0 Å². The first kappa shape index (κ1) is 12.5. The van der Waals surface area contributed by atoms with E-state index in [4.69, 9.17) is 0 Å². The van der Waals surface area contributed by atoms with Crippen molar-refractivity contribution in [1.29, 1.82) is 0 Å². The van der Waals surface area contributed by atoms with Gasteiger partial charge in [-0.1, -0.05) is 12.1 Å². The largest absolute Gasteiger partial charge is 0.347 e. The lowest BCUT2D eigenvalue weighted by Gasteiger charge is -2.23. The van der Waals surface area contributed by atoms with Crippen LogP contribution >= 0.6 is 11.3 Å². The number of aryl methyl sites for hydroxylation is 1. The predicted octanol–water partition coefficient (Wildman–Crippen LogP) is 2.24. The molecule has 0 aliphatic carbocycles. The molecule has 1 aromatic carbocycles. The van der Waals surface area contributed by atoms with Gasteiger partial charge >= 0.3 is 0 Å². The molecule has 0 unspecified atom stereocenters. The summed E-state index contributed by atoms with van der Waals surface area (Å²) in [6.45, 7) is 0.854. The lowest BCUT2D eigenvalue weighted by Crippen LogP contribution is -2.40. The Bertz CT molecular complexity index is 774. The van der Waals surface area contributed by atoms with Crippen molar-refractivity contribution in [1.82, 2.24) is 20.1 Å². The fraction of sp³-hybridized carbons (Fsp3) is 0.267. The smallest absolute Gasteiger partial charge is 0.280 e. The summed E-state index contributed by atoms with van der Waals surface area (Å²) >= 11 is 1.44. The van der Waals surface area contributed by atoms with Crippen molar-refractivity contribution in [2.75, 3.05) is 0 Å². The minimum absolute atomic E-state index is 0.0748. The van der Waals surface area contributed by atoms with Crippen molar-refractivity contribution in [3.05, 3.63) is 47.2 Å². The zero-order valence-electron chi connectivity index (χ0n) is 11.3. The van der Waals surface area contributed by atoms with Crippen LogP contribution in [-0.2, 0) is 13.0 Å². The number of aromatic nitrogens is 3. The van der Waals surface area contributed by atoms with E-state index < -0.39 is 0 Å². The van der Waals surface area contributed by atoms with Gasteiger partial charge in [0.15, 0.2) is 5.01 Å². The van der Waals surface area contributed by atoms with E-state index in [0.717, 1.165) is 29.6 Å². The molecule has 0 radical (unpaired) electrons. The van der Waals surface area contributed by atoms with Crippen LogP contribution in [-0.4, -0.2) is 26.7 Å². The lowest BCUT2D eigenvalue weighted by molar-refractivity contribution is 0.0930. The molecule has 4 rings (SSSR count). The standard InChI is InChI=1S/C15H14N4OS/c20-14(15-18-12-3-1-2-4-13(12)21-15)17-10-6-8-19-11(9-10)5-7-16-19/h1-5,7,10H,6,8-9H2,(H,17,20)/t10-/m1/s1. The molecular weight excluding hydrogens is 284 g/mol. The third-order valence-corrected chi connectivity index (χ3v) is 4.81. The SMILES string of the molecule is O=C(N[C@@H]1CCn2nccc2C1)c1nc2ccccc2s1. The Morgan fingerprint density at radius 3 is 3.14 bits per heavy atom. The van der Waals surface area contributed by atoms with Crippen LogP contribution in [0.4, 0.5) is 0 Å². The van der Waals surface area contributed by atoms with E-state index in [9.17, 15) is 4.79 Å². The van der Waals surface area contributed by atoms with E-state index in [1.54, 1.807) is 0 Å². The summed E-state index contributed by atoms with van der Waals surface area (Å²) < 4.78 is 3.05. The maximum absolute atomic E-state index is 12.3. The Kier molecular flexibility index (Phi) is 2.96. The highest BCUT2D eigenvalue weighted by atomic mass is 32.1. The van der Waals surface area contributed by atoms with Gasteiger partial charge < -0.3 is 5.32 Å². The number of carbonyl (C=O) groups excluding carboxylic acids is 1. The molecule has 0 spiro atoms. The quantitative estimate of drug-likeness (QED) is 0.789. The molecule has 0 bridgehead atoms. The highest BCUT2D eigenvalue weighted by Crippen LogP contribution is 2.22. The first-order valence-electron chi connectivity index (χ1n) is 6.97. The normalized spacial score (nSPS) is 17.6. The Morgan fingerprint density at radius 1 is 1.33 bits per heavy atom. The number of hydrogen-bond donors (Lipinski definition) is 1. The van der Waals surface area contributed by atoms with Gasteiger partial charge in [-0.05, 0) is 24.6 Å². The zero-order valence-corrected chi connectivity index (χ0v) is 12.1. The summed E-state index contributed by atoms with van der Waals surface area (Å²) in [6, 6.07) is 9.99. The van der Waals surface area contributed by atoms with E-state index >= 15 is 0 Å². The van der Waals surface area contributed by atoms with Gasteiger partial charge in [-0.15, -0.1) is 11.3 Å². The van der Waals surface area contributed by atoms with E-state index in [-0.39, 0.29) is 11.9 Å². The second-order valence-corrected chi connectivity index (χ2v) is 6.23. The first-order chi connectivity index (χ1) is 10.3. The number of hydrogen-bond acceptors (Lipinski definition) is 4. The summed E-state index contributed by atoms with van der Waals surface area (Å²) in [7, 11) is 0. The van der Waals surface area contributed by atoms with Crippen molar-refractivity contribution in [3.8, 4) is 0 Å². The lowest BCUT2D eigenvalue weighted by atomic mass is 10.0. The van der Waals surface area contributed by atoms with Gasteiger partial charge in [0.05, 0.1) is 10.2 Å². The molecule has 106 valence electrons. The van der Waals surface area contributed by atoms with Crippen molar-refractivity contribution in [2.24, 2.45) is 0 Å². The van der Waals surface area contributed by atoms with Crippen molar-refractivity contribution < 1.29 is 4.79 Å². The van der Waals surface area contributed by atoms with Gasteiger partial charge in [-0.2, -0.15) is 5.10 Å². The number of amides is 1. The van der Waals surface area contributed by atoms with Crippen molar-refractivity contribution in [2.45, 2.75) is 25.4 Å². The Hall–Kier alpha value is -2.21. The van der Waals surface area contributed by atoms with Crippen LogP contribution in [0.25, 0.3) is 10.2 Å². The molecule has 1 N–H and O–H groups in total. The molecule has 1 amide bonds. The van der Waals surface area contributed by atoms with Crippen molar-refractivity contribution in [3.63, 3.8) is 0 Å². The Morgan fingerprint density at radius 2 is 2.24 bits per heavy atom. The third kappa shape index (κ3) is 2.31. The van der Waals surface area contributed by atoms with Gasteiger partial charge in [-0.3, -0.25) is 9.48 Å². The molecule has 1 atom stereocenters. The number of carbonyl (C=O) groups is 1. The second kappa shape index (κ2) is 4.96. The first-order valence-corrected chi connectivity index (χ1v) is 7.78. The minimum Gasteiger partial charge on any atom is -0.347 e. The molecule has 5 nitrogen and oxygen atoms in total. The fourth-order valence-electron chi connectivity index (χ4n) is 2.71. The van der Waals surface area contributed by atoms with Crippen LogP contribution in [0.2, 0.25) is 0 Å². The highest BCUT2D eigenvalue weighted by molar-refractivity contribution is 7.20. The van der Waals surface area contributed by atoms with Gasteiger partial charge in [0.2, 0.25) is 0 Å². The number of nitrogens with zero attached hydrogens (tertiary/aromatic N) is 3. The maximum Gasteiger partial charge on any atom is 0.280 e. The van der Waals surface area contributed by atoms with Crippen LogP contribution in [0.1, 0.15) is 21.9 Å². The van der Waals surface area contributed by atoms with Crippen LogP contribution in [0.3, 0.4) is 0 Å². The number of benzene rings is 1. The summed E-state index contributed by atoms with van der Waals surface area (Å²) in [6.07, 6.45) is 3.55. The molecule has 0 saturated carbocycles. The monoisotopic (exact) mass is 298 g/mol. The number of nitrogens with one attached hydrogen (secondary N) is 1. The second-order valence-electron chi connectivity index (χ2n) is 5.20. The molecule has 3 heterocycles. The van der Waals surface area contributed by atoms with Gasteiger partial charge in [0.1, 0.15) is 0 Å². The molecule has 0 fully saturated rings. The molecule has 3 aromatic rings. The van der Waals surface area contributed by atoms with Gasteiger partial charge in [-0.25, -0.2) is 4.98 Å². The van der Waals surface area contributed by atoms with Crippen LogP contribution in [0.15, 0.2) is 36.5 Å². The maximum atomic E-state index is 12.3. The minimum atomic E-state index is -0.0748. The topological polar surface area (TPSA) is 59.8 Å². The summed E-state index contributed by atoms with van der Waals surface area (Å²) in [5.41, 5.74) is 2.06. The molecular formula is C15H14N4OS. The third-order valence-electron chi connectivity index (χ3n) is 3.77. The van der Waals surface area contributed by atoms with E-state index in [1.807, 2.05) is 41.2 Å².